The van der Waals surface area contributed by atoms with Gasteiger partial charge in [0, 0.05) is 38.3 Å². The Morgan fingerprint density at radius 3 is 2.91 bits per heavy atom. The fraction of sp³-hybridized carbons (Fsp3) is 0.500. The fourth-order valence-corrected chi connectivity index (χ4v) is 4.39. The summed E-state index contributed by atoms with van der Waals surface area (Å²) in [5.74, 6) is -0.254. The molecule has 2 atom stereocenters. The first-order valence-corrected chi connectivity index (χ1v) is 11.3. The summed E-state index contributed by atoms with van der Waals surface area (Å²) >= 11 is 0. The lowest BCUT2D eigenvalue weighted by atomic mass is 10.00. The summed E-state index contributed by atoms with van der Waals surface area (Å²) in [6.07, 6.45) is 1.78. The molecule has 2 fully saturated rings. The average Bonchev–Trinajstić information content (AvgIpc) is 3.08. The van der Waals surface area contributed by atoms with E-state index in [1.54, 1.807) is 12.1 Å². The maximum absolute atomic E-state index is 13.2. The number of nitrogens with zero attached hydrogens (tertiary/aromatic N) is 2. The van der Waals surface area contributed by atoms with Gasteiger partial charge in [0.15, 0.2) is 0 Å². The van der Waals surface area contributed by atoms with Crippen molar-refractivity contribution in [3.63, 3.8) is 0 Å². The molecule has 1 aromatic heterocycles. The first kappa shape index (κ1) is 22.6. The second-order valence-electron chi connectivity index (χ2n) is 8.49. The van der Waals surface area contributed by atoms with Crippen LogP contribution < -0.4 is 10.6 Å². The van der Waals surface area contributed by atoms with E-state index in [-0.39, 0.29) is 23.6 Å². The second-order valence-corrected chi connectivity index (χ2v) is 8.49. The van der Waals surface area contributed by atoms with Crippen LogP contribution in [0.4, 0.5) is 9.18 Å². The molecular formula is C24H31FN4O3. The molecule has 2 aliphatic rings. The summed E-state index contributed by atoms with van der Waals surface area (Å²) in [5, 5.41) is 5.62. The van der Waals surface area contributed by atoms with Gasteiger partial charge in [0.05, 0.1) is 30.7 Å². The van der Waals surface area contributed by atoms with Crippen molar-refractivity contribution >= 4 is 6.03 Å². The van der Waals surface area contributed by atoms with Crippen LogP contribution in [0.2, 0.25) is 0 Å². The van der Waals surface area contributed by atoms with Crippen LogP contribution in [0, 0.1) is 5.82 Å². The van der Waals surface area contributed by atoms with Gasteiger partial charge < -0.3 is 20.1 Å². The van der Waals surface area contributed by atoms with E-state index < -0.39 is 0 Å². The summed E-state index contributed by atoms with van der Waals surface area (Å²) in [6, 6.07) is 12.2. The first-order valence-electron chi connectivity index (χ1n) is 11.3. The number of urea groups is 1. The van der Waals surface area contributed by atoms with Crippen molar-refractivity contribution in [3.8, 4) is 11.3 Å². The maximum Gasteiger partial charge on any atom is 0.314 e. The molecule has 0 unspecified atom stereocenters. The van der Waals surface area contributed by atoms with Gasteiger partial charge in [-0.1, -0.05) is 6.07 Å². The Hall–Kier alpha value is -2.55. The Kier molecular flexibility index (Phi) is 7.34. The Labute approximate surface area is 188 Å². The van der Waals surface area contributed by atoms with Gasteiger partial charge in [0.25, 0.3) is 0 Å². The van der Waals surface area contributed by atoms with E-state index in [0.717, 1.165) is 42.9 Å². The van der Waals surface area contributed by atoms with Crippen LogP contribution in [0.1, 0.15) is 25.5 Å². The summed E-state index contributed by atoms with van der Waals surface area (Å²) in [7, 11) is 0. The van der Waals surface area contributed by atoms with E-state index in [1.165, 1.54) is 12.1 Å². The Morgan fingerprint density at radius 1 is 1.25 bits per heavy atom. The lowest BCUT2D eigenvalue weighted by Gasteiger charge is -2.32. The molecule has 0 bridgehead atoms. The van der Waals surface area contributed by atoms with Crippen molar-refractivity contribution in [2.45, 2.75) is 38.0 Å². The topological polar surface area (TPSA) is 75.7 Å². The molecule has 2 N–H and O–H groups in total. The van der Waals surface area contributed by atoms with Crippen LogP contribution in [0.3, 0.4) is 0 Å². The molecule has 8 heteroatoms. The average molecular weight is 443 g/mol. The molecule has 0 saturated carbocycles. The number of carbonyl (C=O) groups is 1. The number of benzene rings is 1. The third-order valence-corrected chi connectivity index (χ3v) is 5.93. The van der Waals surface area contributed by atoms with Crippen molar-refractivity contribution in [3.05, 3.63) is 54.0 Å². The highest BCUT2D eigenvalue weighted by molar-refractivity contribution is 5.73. The number of hydrogen-bond donors (Lipinski definition) is 2. The number of rotatable bonds is 6. The van der Waals surface area contributed by atoms with Crippen LogP contribution in [0.5, 0.6) is 0 Å². The molecule has 0 aliphatic carbocycles. The van der Waals surface area contributed by atoms with Crippen molar-refractivity contribution in [1.82, 2.24) is 20.5 Å². The zero-order valence-electron chi connectivity index (χ0n) is 18.5. The minimum Gasteiger partial charge on any atom is -0.377 e. The van der Waals surface area contributed by atoms with E-state index in [4.69, 9.17) is 14.5 Å². The van der Waals surface area contributed by atoms with Gasteiger partial charge in [0.2, 0.25) is 0 Å². The molecule has 0 radical (unpaired) electrons. The van der Waals surface area contributed by atoms with Crippen molar-refractivity contribution < 1.29 is 18.7 Å². The minimum absolute atomic E-state index is 0.0129. The maximum atomic E-state index is 13.2. The molecule has 3 heterocycles. The summed E-state index contributed by atoms with van der Waals surface area (Å²) in [4.78, 5) is 18.8. The van der Waals surface area contributed by atoms with Crippen molar-refractivity contribution in [2.24, 2.45) is 0 Å². The monoisotopic (exact) mass is 442 g/mol. The van der Waals surface area contributed by atoms with Gasteiger partial charge >= 0.3 is 6.03 Å². The number of nitrogens with one attached hydrogen (secondary N) is 2. The lowest BCUT2D eigenvalue weighted by molar-refractivity contribution is -0.0848. The Morgan fingerprint density at radius 2 is 2.09 bits per heavy atom. The molecule has 172 valence electrons. The lowest BCUT2D eigenvalue weighted by Crippen LogP contribution is -2.46. The Balaban J connectivity index is 1.38. The third kappa shape index (κ3) is 5.82. The highest BCUT2D eigenvalue weighted by Gasteiger charge is 2.43. The molecule has 2 saturated heterocycles. The van der Waals surface area contributed by atoms with Gasteiger partial charge in [-0.25, -0.2) is 9.18 Å². The van der Waals surface area contributed by atoms with Gasteiger partial charge in [0.1, 0.15) is 11.4 Å². The quantitative estimate of drug-likeness (QED) is 0.720. The van der Waals surface area contributed by atoms with E-state index in [1.807, 2.05) is 25.1 Å². The fourth-order valence-electron chi connectivity index (χ4n) is 4.39. The number of carbonyl (C=O) groups excluding carboxylic acids is 1. The number of aromatic nitrogens is 1. The summed E-state index contributed by atoms with van der Waals surface area (Å²) in [6.45, 7) is 6.43. The van der Waals surface area contributed by atoms with Crippen LogP contribution in [-0.4, -0.2) is 67.0 Å². The first-order chi connectivity index (χ1) is 15.5. The van der Waals surface area contributed by atoms with E-state index >= 15 is 0 Å². The second kappa shape index (κ2) is 10.4. The Bertz CT molecular complexity index is 910. The number of pyridine rings is 1. The highest BCUT2D eigenvalue weighted by Crippen LogP contribution is 2.33. The zero-order chi connectivity index (χ0) is 22.4. The zero-order valence-corrected chi connectivity index (χ0v) is 18.5. The number of amides is 2. The molecule has 2 aliphatic heterocycles. The van der Waals surface area contributed by atoms with Gasteiger partial charge in [-0.15, -0.1) is 0 Å². The van der Waals surface area contributed by atoms with Crippen molar-refractivity contribution in [1.29, 1.82) is 0 Å². The molecule has 1 aromatic carbocycles. The van der Waals surface area contributed by atoms with Crippen LogP contribution in [0.15, 0.2) is 42.5 Å². The van der Waals surface area contributed by atoms with Gasteiger partial charge in [-0.3, -0.25) is 9.88 Å². The SMILES string of the molecule is CCNC(=O)NC[C@@H]1CC[C@@]2(COCCN(Cc3cccc(-c4ccc(F)cc4)n3)C2)O1. The molecule has 1 spiro atoms. The van der Waals surface area contributed by atoms with Gasteiger partial charge in [-0.2, -0.15) is 0 Å². The van der Waals surface area contributed by atoms with Crippen LogP contribution in [0.25, 0.3) is 11.3 Å². The molecule has 32 heavy (non-hydrogen) atoms. The van der Waals surface area contributed by atoms with Gasteiger partial charge in [-0.05, 0) is 56.2 Å². The standard InChI is InChI=1S/C24H31FN4O3/c1-2-26-23(30)27-14-21-10-11-24(32-21)16-29(12-13-31-17-24)15-20-4-3-5-22(28-20)18-6-8-19(25)9-7-18/h3-9,21H,2,10-17H2,1H3,(H2,26,27,30)/t21-,24+/m0/s1. The molecule has 2 aromatic rings. The predicted molar refractivity (Wildman–Crippen MR) is 120 cm³/mol. The summed E-state index contributed by atoms with van der Waals surface area (Å²) in [5.41, 5.74) is 2.32. The largest absolute Gasteiger partial charge is 0.377 e. The molecule has 7 nitrogen and oxygen atoms in total. The van der Waals surface area contributed by atoms with E-state index in [9.17, 15) is 9.18 Å². The highest BCUT2D eigenvalue weighted by atomic mass is 19.1. The molecule has 2 amide bonds. The van der Waals surface area contributed by atoms with E-state index in [2.05, 4.69) is 15.5 Å². The smallest absolute Gasteiger partial charge is 0.314 e. The van der Waals surface area contributed by atoms with Crippen LogP contribution in [-0.2, 0) is 16.0 Å². The summed E-state index contributed by atoms with van der Waals surface area (Å²) < 4.78 is 25.5. The normalized spacial score (nSPS) is 23.8. The van der Waals surface area contributed by atoms with Crippen LogP contribution >= 0.6 is 0 Å². The van der Waals surface area contributed by atoms with Crippen molar-refractivity contribution in [2.75, 3.05) is 39.4 Å². The number of ether oxygens (including phenoxy) is 2. The predicted octanol–water partition coefficient (Wildman–Crippen LogP) is 2.96. The molecule has 4 rings (SSSR count). The number of halogens is 1. The number of hydrogen-bond acceptors (Lipinski definition) is 5. The van der Waals surface area contributed by atoms with E-state index in [0.29, 0.717) is 32.8 Å². The molecular weight excluding hydrogens is 411 g/mol. The minimum atomic E-state index is -0.362. The third-order valence-electron chi connectivity index (χ3n) is 5.93.